The molecule has 1 amide bonds. The van der Waals surface area contributed by atoms with Gasteiger partial charge in [-0.05, 0) is 36.4 Å². The number of hydrogen-bond donors (Lipinski definition) is 1. The zero-order valence-electron chi connectivity index (χ0n) is 10.8. The van der Waals surface area contributed by atoms with Gasteiger partial charge in [-0.1, -0.05) is 17.7 Å². The molecule has 0 aliphatic rings. The first-order valence-corrected chi connectivity index (χ1v) is 7.36. The maximum Gasteiger partial charge on any atom is 0.221 e. The maximum atomic E-state index is 13.6. The smallest absolute Gasteiger partial charge is 0.221 e. The summed E-state index contributed by atoms with van der Waals surface area (Å²) in [6.07, 6.45) is 0. The number of carbonyl (C=O) groups is 1. The molecule has 2 aromatic rings. The van der Waals surface area contributed by atoms with Gasteiger partial charge in [-0.3, -0.25) is 4.79 Å². The third kappa shape index (κ3) is 3.99. The minimum absolute atomic E-state index is 0.108. The molecular formula is C15H13ClFNOS. The van der Waals surface area contributed by atoms with Crippen molar-refractivity contribution < 1.29 is 9.18 Å². The Kier molecular flexibility index (Phi) is 5.04. The molecule has 0 aliphatic carbocycles. The van der Waals surface area contributed by atoms with Crippen LogP contribution in [-0.4, -0.2) is 5.91 Å². The number of rotatable bonds is 4. The van der Waals surface area contributed by atoms with Crippen LogP contribution < -0.4 is 5.32 Å². The van der Waals surface area contributed by atoms with Gasteiger partial charge in [-0.2, -0.15) is 0 Å². The fraction of sp³-hybridized carbons (Fsp3) is 0.133. The molecule has 0 bridgehead atoms. The van der Waals surface area contributed by atoms with Crippen LogP contribution in [0.25, 0.3) is 0 Å². The van der Waals surface area contributed by atoms with Crippen LogP contribution in [0.15, 0.2) is 47.4 Å². The molecule has 20 heavy (non-hydrogen) atoms. The second kappa shape index (κ2) is 6.77. The van der Waals surface area contributed by atoms with Gasteiger partial charge < -0.3 is 5.32 Å². The number of halogens is 2. The van der Waals surface area contributed by atoms with Gasteiger partial charge in [-0.25, -0.2) is 4.39 Å². The highest BCUT2D eigenvalue weighted by molar-refractivity contribution is 7.98. The van der Waals surface area contributed by atoms with Crippen LogP contribution in [0.5, 0.6) is 0 Å². The Hall–Kier alpha value is -1.52. The van der Waals surface area contributed by atoms with Crippen molar-refractivity contribution in [3.8, 4) is 0 Å². The fourth-order valence-electron chi connectivity index (χ4n) is 1.66. The number of hydrogen-bond acceptors (Lipinski definition) is 2. The van der Waals surface area contributed by atoms with E-state index in [4.69, 9.17) is 11.6 Å². The van der Waals surface area contributed by atoms with Gasteiger partial charge in [0.05, 0.1) is 0 Å². The van der Waals surface area contributed by atoms with E-state index in [1.165, 1.54) is 24.8 Å². The van der Waals surface area contributed by atoms with Gasteiger partial charge in [0.15, 0.2) is 0 Å². The highest BCUT2D eigenvalue weighted by Crippen LogP contribution is 2.29. The summed E-state index contributed by atoms with van der Waals surface area (Å²) in [5.41, 5.74) is 1.25. The molecule has 104 valence electrons. The minimum Gasteiger partial charge on any atom is -0.326 e. The normalized spacial score (nSPS) is 10.3. The summed E-state index contributed by atoms with van der Waals surface area (Å²) >= 11 is 7.47. The first-order chi connectivity index (χ1) is 9.56. The lowest BCUT2D eigenvalue weighted by Gasteiger charge is -2.07. The van der Waals surface area contributed by atoms with Gasteiger partial charge in [0, 0.05) is 33.8 Å². The van der Waals surface area contributed by atoms with Crippen molar-refractivity contribution in [2.45, 2.75) is 17.6 Å². The van der Waals surface area contributed by atoms with Crippen LogP contribution in [0, 0.1) is 5.82 Å². The number of benzene rings is 2. The largest absolute Gasteiger partial charge is 0.326 e. The molecule has 0 aromatic heterocycles. The Morgan fingerprint density at radius 3 is 2.55 bits per heavy atom. The Morgan fingerprint density at radius 1 is 1.25 bits per heavy atom. The predicted molar refractivity (Wildman–Crippen MR) is 81.7 cm³/mol. The Morgan fingerprint density at radius 2 is 1.95 bits per heavy atom. The van der Waals surface area contributed by atoms with Crippen LogP contribution in [0.1, 0.15) is 12.5 Å². The molecule has 0 spiro atoms. The van der Waals surface area contributed by atoms with Crippen molar-refractivity contribution in [3.05, 3.63) is 58.9 Å². The van der Waals surface area contributed by atoms with E-state index < -0.39 is 0 Å². The molecule has 2 nitrogen and oxygen atoms in total. The lowest BCUT2D eigenvalue weighted by molar-refractivity contribution is -0.114. The van der Waals surface area contributed by atoms with Crippen LogP contribution in [-0.2, 0) is 10.5 Å². The molecular weight excluding hydrogens is 297 g/mol. The van der Waals surface area contributed by atoms with E-state index in [1.54, 1.807) is 12.1 Å². The van der Waals surface area contributed by atoms with Crippen molar-refractivity contribution in [3.63, 3.8) is 0 Å². The van der Waals surface area contributed by atoms with Crippen molar-refractivity contribution >= 4 is 35.0 Å². The van der Waals surface area contributed by atoms with Gasteiger partial charge in [0.2, 0.25) is 5.91 Å². The molecule has 0 atom stereocenters. The van der Waals surface area contributed by atoms with Gasteiger partial charge in [0.25, 0.3) is 0 Å². The summed E-state index contributed by atoms with van der Waals surface area (Å²) in [4.78, 5) is 11.9. The van der Waals surface area contributed by atoms with E-state index in [2.05, 4.69) is 5.32 Å². The van der Waals surface area contributed by atoms with E-state index in [0.717, 1.165) is 10.6 Å². The van der Waals surface area contributed by atoms with Crippen molar-refractivity contribution in [1.29, 1.82) is 0 Å². The number of nitrogens with one attached hydrogen (secondary N) is 1. The molecule has 1 N–H and O–H groups in total. The topological polar surface area (TPSA) is 29.1 Å². The lowest BCUT2D eigenvalue weighted by atomic mass is 10.2. The fourth-order valence-corrected chi connectivity index (χ4v) is 2.91. The standard InChI is InChI=1S/C15H13ClFNOS/c1-10(19)18-11-5-7-12(8-6-11)20-9-13-14(16)3-2-4-15(13)17/h2-8H,9H2,1H3,(H,18,19). The van der Waals surface area contributed by atoms with E-state index in [9.17, 15) is 9.18 Å². The van der Waals surface area contributed by atoms with Crippen molar-refractivity contribution in [2.24, 2.45) is 0 Å². The monoisotopic (exact) mass is 309 g/mol. The third-order valence-corrected chi connectivity index (χ3v) is 4.01. The van der Waals surface area contributed by atoms with Crippen LogP contribution in [0.3, 0.4) is 0 Å². The van der Waals surface area contributed by atoms with Crippen molar-refractivity contribution in [2.75, 3.05) is 5.32 Å². The molecule has 2 aromatic carbocycles. The van der Waals surface area contributed by atoms with E-state index in [1.807, 2.05) is 24.3 Å². The molecule has 0 unspecified atom stereocenters. The van der Waals surface area contributed by atoms with Crippen molar-refractivity contribution in [1.82, 2.24) is 0 Å². The second-order valence-electron chi connectivity index (χ2n) is 4.19. The molecule has 2 rings (SSSR count). The summed E-state index contributed by atoms with van der Waals surface area (Å²) in [5.74, 6) is 0.0637. The first-order valence-electron chi connectivity index (χ1n) is 5.99. The van der Waals surface area contributed by atoms with Gasteiger partial charge in [0.1, 0.15) is 5.82 Å². The highest BCUT2D eigenvalue weighted by atomic mass is 35.5. The Balaban J connectivity index is 2.02. The molecule has 5 heteroatoms. The molecule has 0 saturated heterocycles. The van der Waals surface area contributed by atoms with Crippen LogP contribution in [0.4, 0.5) is 10.1 Å². The van der Waals surface area contributed by atoms with E-state index >= 15 is 0 Å². The van der Waals surface area contributed by atoms with E-state index in [-0.39, 0.29) is 11.7 Å². The second-order valence-corrected chi connectivity index (χ2v) is 5.65. The summed E-state index contributed by atoms with van der Waals surface area (Å²) in [7, 11) is 0. The number of anilines is 1. The summed E-state index contributed by atoms with van der Waals surface area (Å²) in [6, 6.07) is 12.1. The molecule has 0 radical (unpaired) electrons. The number of carbonyl (C=O) groups excluding carboxylic acids is 1. The van der Waals surface area contributed by atoms with Crippen LogP contribution in [0.2, 0.25) is 5.02 Å². The molecule has 0 fully saturated rings. The SMILES string of the molecule is CC(=O)Nc1ccc(SCc2c(F)cccc2Cl)cc1. The highest BCUT2D eigenvalue weighted by Gasteiger charge is 2.07. The quantitative estimate of drug-likeness (QED) is 0.827. The first kappa shape index (κ1) is 14.9. The van der Waals surface area contributed by atoms with Gasteiger partial charge >= 0.3 is 0 Å². The summed E-state index contributed by atoms with van der Waals surface area (Å²) in [5, 5.41) is 3.13. The molecule has 0 heterocycles. The Bertz CT molecular complexity index is 596. The van der Waals surface area contributed by atoms with Crippen LogP contribution >= 0.6 is 23.4 Å². The summed E-state index contributed by atoms with van der Waals surface area (Å²) < 4.78 is 13.6. The lowest BCUT2D eigenvalue weighted by Crippen LogP contribution is -2.05. The van der Waals surface area contributed by atoms with E-state index in [0.29, 0.717) is 16.3 Å². The third-order valence-electron chi connectivity index (χ3n) is 2.62. The molecule has 0 saturated carbocycles. The predicted octanol–water partition coefficient (Wildman–Crippen LogP) is 4.73. The zero-order valence-corrected chi connectivity index (χ0v) is 12.4. The maximum absolute atomic E-state index is 13.6. The zero-order chi connectivity index (χ0) is 14.5. The Labute approximate surface area is 126 Å². The molecule has 0 aliphatic heterocycles. The minimum atomic E-state index is -0.292. The van der Waals surface area contributed by atoms with Gasteiger partial charge in [-0.15, -0.1) is 11.8 Å². The average molecular weight is 310 g/mol. The summed E-state index contributed by atoms with van der Waals surface area (Å²) in [6.45, 7) is 1.46. The average Bonchev–Trinajstić information content (AvgIpc) is 2.39. The number of amides is 1. The number of thioether (sulfide) groups is 1.